The summed E-state index contributed by atoms with van der Waals surface area (Å²) >= 11 is 1.60. The maximum atomic E-state index is 10.1. The van der Waals surface area contributed by atoms with Gasteiger partial charge in [0.05, 0.1) is 0 Å². The van der Waals surface area contributed by atoms with E-state index in [9.17, 15) is 9.59 Å². The molecule has 20 heavy (non-hydrogen) atoms. The number of nitrogens with two attached hydrogens (primary N) is 3. The topological polar surface area (TPSA) is 153 Å². The third kappa shape index (κ3) is 17.5. The molecule has 0 spiro atoms. The van der Waals surface area contributed by atoms with Crippen LogP contribution in [0.2, 0.25) is 0 Å². The van der Waals surface area contributed by atoms with Gasteiger partial charge in [0.15, 0.2) is 0 Å². The zero-order chi connectivity index (χ0) is 15.3. The van der Waals surface area contributed by atoms with Gasteiger partial charge in [-0.1, -0.05) is 6.42 Å². The highest BCUT2D eigenvalue weighted by molar-refractivity contribution is 7.98. The van der Waals surface area contributed by atoms with Crippen LogP contribution in [0, 0.1) is 0 Å². The van der Waals surface area contributed by atoms with E-state index in [-0.39, 0.29) is 12.4 Å². The number of rotatable bonds is 9. The Labute approximate surface area is 130 Å². The van der Waals surface area contributed by atoms with Crippen LogP contribution < -0.4 is 17.2 Å². The monoisotopic (exact) mass is 331 g/mol. The van der Waals surface area contributed by atoms with Gasteiger partial charge in [0.2, 0.25) is 0 Å². The lowest BCUT2D eigenvalue weighted by Crippen LogP contribution is -2.30. The molecule has 0 heterocycles. The van der Waals surface area contributed by atoms with Crippen molar-refractivity contribution in [1.82, 2.24) is 0 Å². The van der Waals surface area contributed by atoms with Crippen molar-refractivity contribution in [2.45, 2.75) is 37.8 Å². The van der Waals surface area contributed by atoms with Crippen molar-refractivity contribution < 1.29 is 19.8 Å². The lowest BCUT2D eigenvalue weighted by atomic mass is 10.1. The third-order valence-corrected chi connectivity index (χ3v) is 2.88. The Kier molecular flexibility index (Phi) is 20.2. The van der Waals surface area contributed by atoms with E-state index in [4.69, 9.17) is 27.4 Å². The van der Waals surface area contributed by atoms with Gasteiger partial charge in [-0.3, -0.25) is 9.59 Å². The SMILES string of the molecule is CSCC[C@H](N)C(=O)O.Cl.NCCCC[C@H](N)C(=O)O. The molecule has 7 nitrogen and oxygen atoms in total. The van der Waals surface area contributed by atoms with Gasteiger partial charge >= 0.3 is 11.9 Å². The molecule has 0 fully saturated rings. The minimum Gasteiger partial charge on any atom is -0.480 e. The van der Waals surface area contributed by atoms with Crippen LogP contribution in [-0.4, -0.2) is 52.8 Å². The summed E-state index contributed by atoms with van der Waals surface area (Å²) in [6, 6.07) is -1.40. The molecule has 0 saturated heterocycles. The molecule has 0 aliphatic heterocycles. The second-order valence-electron chi connectivity index (χ2n) is 3.96. The normalized spacial score (nSPS) is 12.4. The number of halogens is 1. The molecule has 0 aliphatic rings. The first-order valence-electron chi connectivity index (χ1n) is 6.02. The first kappa shape index (κ1) is 24.5. The van der Waals surface area contributed by atoms with Crippen molar-refractivity contribution in [3.05, 3.63) is 0 Å². The number of unbranched alkanes of at least 4 members (excludes halogenated alkanes) is 1. The van der Waals surface area contributed by atoms with Gasteiger partial charge in [-0.25, -0.2) is 0 Å². The van der Waals surface area contributed by atoms with Crippen LogP contribution in [0.3, 0.4) is 0 Å². The highest BCUT2D eigenvalue weighted by atomic mass is 35.5. The minimum absolute atomic E-state index is 0. The Hall–Kier alpha value is -0.540. The number of aliphatic carboxylic acids is 2. The molecule has 9 heteroatoms. The zero-order valence-corrected chi connectivity index (χ0v) is 13.3. The number of hydrogen-bond acceptors (Lipinski definition) is 6. The molecular weight excluding hydrogens is 306 g/mol. The van der Waals surface area contributed by atoms with Gasteiger partial charge < -0.3 is 27.4 Å². The van der Waals surface area contributed by atoms with Gasteiger partial charge in [-0.05, 0) is 37.8 Å². The predicted molar refractivity (Wildman–Crippen MR) is 84.4 cm³/mol. The van der Waals surface area contributed by atoms with E-state index < -0.39 is 24.0 Å². The van der Waals surface area contributed by atoms with Crippen LogP contribution in [0.15, 0.2) is 0 Å². The van der Waals surface area contributed by atoms with Gasteiger partial charge in [-0.15, -0.1) is 12.4 Å². The van der Waals surface area contributed by atoms with E-state index in [0.29, 0.717) is 19.4 Å². The van der Waals surface area contributed by atoms with Gasteiger partial charge in [0.25, 0.3) is 0 Å². The fraction of sp³-hybridized carbons (Fsp3) is 0.818. The van der Waals surface area contributed by atoms with Crippen molar-refractivity contribution in [2.75, 3.05) is 18.6 Å². The quantitative estimate of drug-likeness (QED) is 0.373. The zero-order valence-electron chi connectivity index (χ0n) is 11.7. The largest absolute Gasteiger partial charge is 0.480 e. The number of carboxylic acids is 2. The number of carboxylic acid groups (broad SMARTS) is 2. The van der Waals surface area contributed by atoms with Crippen molar-refractivity contribution in [3.8, 4) is 0 Å². The molecule has 0 aromatic heterocycles. The Morgan fingerprint density at radius 3 is 1.85 bits per heavy atom. The summed E-state index contributed by atoms with van der Waals surface area (Å²) in [4.78, 5) is 20.2. The fourth-order valence-corrected chi connectivity index (χ4v) is 1.49. The van der Waals surface area contributed by atoms with Gasteiger partial charge in [0, 0.05) is 0 Å². The molecular formula is C11H26ClN3O4S. The summed E-state index contributed by atoms with van der Waals surface area (Å²) in [5, 5.41) is 16.6. The van der Waals surface area contributed by atoms with Crippen LogP contribution >= 0.6 is 24.2 Å². The molecule has 0 saturated carbocycles. The van der Waals surface area contributed by atoms with Crippen LogP contribution in [0.1, 0.15) is 25.7 Å². The first-order valence-corrected chi connectivity index (χ1v) is 7.41. The fourth-order valence-electron chi connectivity index (χ4n) is 1.00. The van der Waals surface area contributed by atoms with E-state index in [2.05, 4.69) is 0 Å². The van der Waals surface area contributed by atoms with Crippen LogP contribution in [0.4, 0.5) is 0 Å². The third-order valence-electron chi connectivity index (χ3n) is 2.24. The predicted octanol–water partition coefficient (Wildman–Crippen LogP) is 0.101. The summed E-state index contributed by atoms with van der Waals surface area (Å²) in [6.45, 7) is 0.604. The van der Waals surface area contributed by atoms with E-state index in [1.807, 2.05) is 6.26 Å². The second kappa shape index (κ2) is 16.5. The van der Waals surface area contributed by atoms with Crippen molar-refractivity contribution in [1.29, 1.82) is 0 Å². The summed E-state index contributed by atoms with van der Waals surface area (Å²) in [5.41, 5.74) is 15.6. The molecule has 0 radical (unpaired) electrons. The molecule has 0 unspecified atom stereocenters. The van der Waals surface area contributed by atoms with E-state index >= 15 is 0 Å². The Morgan fingerprint density at radius 2 is 1.50 bits per heavy atom. The highest BCUT2D eigenvalue weighted by Gasteiger charge is 2.09. The molecule has 122 valence electrons. The van der Waals surface area contributed by atoms with Crippen molar-refractivity contribution >= 4 is 36.1 Å². The van der Waals surface area contributed by atoms with Crippen molar-refractivity contribution in [3.63, 3.8) is 0 Å². The Morgan fingerprint density at radius 1 is 1.05 bits per heavy atom. The standard InChI is InChI=1S/C6H14N2O2.C5H11NO2S.ClH/c7-4-2-1-3-5(8)6(9)10;1-9-3-2-4(6)5(7)8;/h5H,1-4,7-8H2,(H,9,10);4H,2-3,6H2,1H3,(H,7,8);1H/t5-;4-;/m00./s1. The van der Waals surface area contributed by atoms with Crippen LogP contribution in [0.25, 0.3) is 0 Å². The summed E-state index contributed by atoms with van der Waals surface area (Å²) in [5.74, 6) is -1.03. The first-order chi connectivity index (χ1) is 8.86. The molecule has 8 N–H and O–H groups in total. The lowest BCUT2D eigenvalue weighted by molar-refractivity contribution is -0.139. The number of carbonyl (C=O) groups is 2. The Balaban J connectivity index is -0.000000277. The molecule has 2 atom stereocenters. The summed E-state index contributed by atoms with van der Waals surface area (Å²) < 4.78 is 0. The van der Waals surface area contributed by atoms with Crippen molar-refractivity contribution in [2.24, 2.45) is 17.2 Å². The summed E-state index contributed by atoms with van der Waals surface area (Å²) in [6.07, 6.45) is 4.64. The van der Waals surface area contributed by atoms with E-state index in [1.165, 1.54) is 0 Å². The van der Waals surface area contributed by atoms with E-state index in [0.717, 1.165) is 18.6 Å². The average Bonchev–Trinajstić information content (AvgIpc) is 2.36. The maximum absolute atomic E-state index is 10.1. The molecule has 0 bridgehead atoms. The molecule has 0 aliphatic carbocycles. The average molecular weight is 332 g/mol. The second-order valence-corrected chi connectivity index (χ2v) is 4.94. The Bertz CT molecular complexity index is 260. The van der Waals surface area contributed by atoms with Gasteiger partial charge in [0.1, 0.15) is 12.1 Å². The molecule has 0 amide bonds. The highest BCUT2D eigenvalue weighted by Crippen LogP contribution is 1.98. The minimum atomic E-state index is -0.933. The molecule has 0 aromatic rings. The van der Waals surface area contributed by atoms with Crippen LogP contribution in [-0.2, 0) is 9.59 Å². The molecule has 0 rings (SSSR count). The van der Waals surface area contributed by atoms with Gasteiger partial charge in [-0.2, -0.15) is 11.8 Å². The lowest BCUT2D eigenvalue weighted by Gasteiger charge is -2.03. The molecule has 0 aromatic carbocycles. The number of hydrogen-bond donors (Lipinski definition) is 5. The summed E-state index contributed by atoms with van der Waals surface area (Å²) in [7, 11) is 0. The smallest absolute Gasteiger partial charge is 0.320 e. The van der Waals surface area contributed by atoms with Crippen LogP contribution in [0.5, 0.6) is 0 Å². The van der Waals surface area contributed by atoms with E-state index in [1.54, 1.807) is 11.8 Å². The number of thioether (sulfide) groups is 1. The maximum Gasteiger partial charge on any atom is 0.320 e.